The van der Waals surface area contributed by atoms with Crippen LogP contribution in [0.4, 0.5) is 5.69 Å². The van der Waals surface area contributed by atoms with Gasteiger partial charge in [-0.2, -0.15) is 0 Å². The Kier molecular flexibility index (Phi) is 8.60. The summed E-state index contributed by atoms with van der Waals surface area (Å²) in [5.41, 5.74) is 5.76. The summed E-state index contributed by atoms with van der Waals surface area (Å²) in [6.45, 7) is 13.5. The number of nitrogens with zero attached hydrogens (tertiary/aromatic N) is 1. The van der Waals surface area contributed by atoms with E-state index in [0.29, 0.717) is 14.2 Å². The second kappa shape index (κ2) is 10.7. The summed E-state index contributed by atoms with van der Waals surface area (Å²) < 4.78 is 11.0. The number of hydrogen-bond acceptors (Lipinski definition) is 3. The third kappa shape index (κ3) is 5.46. The molecule has 2 rings (SSSR count). The van der Waals surface area contributed by atoms with Crippen molar-refractivity contribution in [1.82, 2.24) is 0 Å². The monoisotopic (exact) mass is 387 g/mol. The molecule has 2 aromatic carbocycles. The standard InChI is InChI=1S/C23H34NO2P/c1-7-22(19-15-17(4)13-14-21(19)26-16-25-6)27-23-18(5)11-10-12-20(23)24(8-2)9-3/h10-15,22,27H,7-9,16H2,1-6H3. The fourth-order valence-corrected chi connectivity index (χ4v) is 5.07. The van der Waals surface area contributed by atoms with E-state index in [1.54, 1.807) is 7.11 Å². The summed E-state index contributed by atoms with van der Waals surface area (Å²) in [4.78, 5) is 2.46. The Labute approximate surface area is 166 Å². The molecule has 0 fully saturated rings. The minimum Gasteiger partial charge on any atom is -0.467 e. The first-order chi connectivity index (χ1) is 13.0. The molecule has 3 nitrogen and oxygen atoms in total. The van der Waals surface area contributed by atoms with Gasteiger partial charge in [-0.25, -0.2) is 0 Å². The third-order valence-electron chi connectivity index (χ3n) is 4.95. The SMILES string of the molecule is CCC(Pc1c(C)cccc1N(CC)CC)c1cc(C)ccc1OCOC. The van der Waals surface area contributed by atoms with Gasteiger partial charge in [0.25, 0.3) is 0 Å². The van der Waals surface area contributed by atoms with Crippen LogP contribution in [0.1, 0.15) is 49.5 Å². The van der Waals surface area contributed by atoms with Gasteiger partial charge < -0.3 is 14.4 Å². The van der Waals surface area contributed by atoms with Crippen LogP contribution >= 0.6 is 8.58 Å². The highest BCUT2D eigenvalue weighted by Gasteiger charge is 2.20. The first kappa shape index (κ1) is 21.7. The molecule has 0 heterocycles. The average molecular weight is 388 g/mol. The zero-order valence-electron chi connectivity index (χ0n) is 17.6. The molecule has 2 aromatic rings. The number of aryl methyl sites for hydroxylation is 2. The highest BCUT2D eigenvalue weighted by atomic mass is 31.1. The van der Waals surface area contributed by atoms with Crippen LogP contribution in [0.25, 0.3) is 0 Å². The van der Waals surface area contributed by atoms with Crippen molar-refractivity contribution in [1.29, 1.82) is 0 Å². The molecule has 0 bridgehead atoms. The maximum absolute atomic E-state index is 5.88. The number of anilines is 1. The van der Waals surface area contributed by atoms with E-state index >= 15 is 0 Å². The predicted molar refractivity (Wildman–Crippen MR) is 119 cm³/mol. The normalized spacial score (nSPS) is 12.5. The molecule has 0 N–H and O–H groups in total. The molecule has 148 valence electrons. The van der Waals surface area contributed by atoms with Crippen LogP contribution in [0.15, 0.2) is 36.4 Å². The maximum atomic E-state index is 5.88. The van der Waals surface area contributed by atoms with Gasteiger partial charge in [0.05, 0.1) is 0 Å². The van der Waals surface area contributed by atoms with Crippen molar-refractivity contribution in [2.24, 2.45) is 0 Å². The van der Waals surface area contributed by atoms with Gasteiger partial charge in [-0.1, -0.05) is 45.3 Å². The molecule has 2 unspecified atom stereocenters. The van der Waals surface area contributed by atoms with Gasteiger partial charge in [0.2, 0.25) is 0 Å². The van der Waals surface area contributed by atoms with E-state index in [4.69, 9.17) is 9.47 Å². The molecule has 27 heavy (non-hydrogen) atoms. The predicted octanol–water partition coefficient (Wildman–Crippen LogP) is 5.59. The first-order valence-electron chi connectivity index (χ1n) is 9.88. The van der Waals surface area contributed by atoms with E-state index in [9.17, 15) is 0 Å². The van der Waals surface area contributed by atoms with Gasteiger partial charge in [-0.15, -0.1) is 0 Å². The van der Waals surface area contributed by atoms with Gasteiger partial charge in [0.15, 0.2) is 6.79 Å². The minimum atomic E-state index is 0.282. The molecule has 0 aliphatic heterocycles. The van der Waals surface area contributed by atoms with E-state index in [1.807, 2.05) is 0 Å². The zero-order valence-corrected chi connectivity index (χ0v) is 18.6. The molecular weight excluding hydrogens is 353 g/mol. The van der Waals surface area contributed by atoms with Crippen LogP contribution in [0, 0.1) is 13.8 Å². The van der Waals surface area contributed by atoms with Crippen LogP contribution in [0.5, 0.6) is 5.75 Å². The van der Waals surface area contributed by atoms with Gasteiger partial charge in [-0.3, -0.25) is 0 Å². The second-order valence-electron chi connectivity index (χ2n) is 6.84. The molecular formula is C23H34NO2P. The molecule has 0 saturated heterocycles. The van der Waals surface area contributed by atoms with Crippen molar-refractivity contribution < 1.29 is 9.47 Å². The van der Waals surface area contributed by atoms with Crippen LogP contribution in [0.2, 0.25) is 0 Å². The molecule has 0 amide bonds. The fourth-order valence-electron chi connectivity index (χ4n) is 3.44. The molecule has 0 aliphatic carbocycles. The molecule has 0 spiro atoms. The minimum absolute atomic E-state index is 0.282. The van der Waals surface area contributed by atoms with Crippen molar-refractivity contribution in [3.05, 3.63) is 53.1 Å². The Morgan fingerprint density at radius 2 is 1.78 bits per heavy atom. The van der Waals surface area contributed by atoms with Crippen molar-refractivity contribution in [3.63, 3.8) is 0 Å². The smallest absolute Gasteiger partial charge is 0.188 e. The number of rotatable bonds is 10. The van der Waals surface area contributed by atoms with Crippen molar-refractivity contribution in [2.45, 2.75) is 46.7 Å². The molecule has 0 aliphatic rings. The molecule has 0 saturated carbocycles. The van der Waals surface area contributed by atoms with Crippen molar-refractivity contribution in [2.75, 3.05) is 31.9 Å². The number of benzene rings is 2. The fraction of sp³-hybridized carbons (Fsp3) is 0.478. The summed E-state index contributed by atoms with van der Waals surface area (Å²) in [7, 11) is 2.37. The lowest BCUT2D eigenvalue weighted by molar-refractivity contribution is 0.0504. The average Bonchev–Trinajstić information content (AvgIpc) is 2.67. The Balaban J connectivity index is 2.42. The Morgan fingerprint density at radius 1 is 1.04 bits per heavy atom. The molecule has 0 aromatic heterocycles. The highest BCUT2D eigenvalue weighted by Crippen LogP contribution is 2.43. The van der Waals surface area contributed by atoms with E-state index in [0.717, 1.165) is 25.3 Å². The number of methoxy groups -OCH3 is 1. The summed E-state index contributed by atoms with van der Waals surface area (Å²) in [5, 5.41) is 1.48. The largest absolute Gasteiger partial charge is 0.467 e. The first-order valence-corrected chi connectivity index (χ1v) is 11.0. The summed E-state index contributed by atoms with van der Waals surface area (Å²) in [6, 6.07) is 13.2. The van der Waals surface area contributed by atoms with Crippen LogP contribution in [0.3, 0.4) is 0 Å². The Hall–Kier alpha value is -1.57. The van der Waals surface area contributed by atoms with E-state index < -0.39 is 0 Å². The van der Waals surface area contributed by atoms with Gasteiger partial charge in [0.1, 0.15) is 5.75 Å². The van der Waals surface area contributed by atoms with Crippen LogP contribution in [-0.4, -0.2) is 27.0 Å². The second-order valence-corrected chi connectivity index (χ2v) is 8.32. The third-order valence-corrected chi connectivity index (χ3v) is 6.96. The van der Waals surface area contributed by atoms with E-state index in [-0.39, 0.29) is 6.79 Å². The Bertz CT molecular complexity index is 728. The van der Waals surface area contributed by atoms with Crippen molar-refractivity contribution in [3.8, 4) is 5.75 Å². The molecule has 2 atom stereocenters. The van der Waals surface area contributed by atoms with Gasteiger partial charge in [-0.05, 0) is 57.1 Å². The zero-order chi connectivity index (χ0) is 19.8. The molecule has 0 radical (unpaired) electrons. The summed E-state index contributed by atoms with van der Waals surface area (Å²) in [5.74, 6) is 0.944. The molecule has 4 heteroatoms. The number of ether oxygens (including phenoxy) is 2. The quantitative estimate of drug-likeness (QED) is 0.392. The lowest BCUT2D eigenvalue weighted by Crippen LogP contribution is -2.27. The van der Waals surface area contributed by atoms with Gasteiger partial charge >= 0.3 is 0 Å². The van der Waals surface area contributed by atoms with Crippen LogP contribution in [-0.2, 0) is 4.74 Å². The van der Waals surface area contributed by atoms with Crippen LogP contribution < -0.4 is 14.9 Å². The Morgan fingerprint density at radius 3 is 2.41 bits per heavy atom. The topological polar surface area (TPSA) is 21.7 Å². The number of hydrogen-bond donors (Lipinski definition) is 0. The van der Waals surface area contributed by atoms with E-state index in [2.05, 4.69) is 75.9 Å². The highest BCUT2D eigenvalue weighted by molar-refractivity contribution is 7.48. The lowest BCUT2D eigenvalue weighted by atomic mass is 10.1. The van der Waals surface area contributed by atoms with E-state index in [1.165, 1.54) is 27.7 Å². The summed E-state index contributed by atoms with van der Waals surface area (Å²) >= 11 is 0. The summed E-state index contributed by atoms with van der Waals surface area (Å²) in [6.07, 6.45) is 1.08. The van der Waals surface area contributed by atoms with Gasteiger partial charge in [0, 0.05) is 37.1 Å². The lowest BCUT2D eigenvalue weighted by Gasteiger charge is -2.28. The van der Waals surface area contributed by atoms with Crippen molar-refractivity contribution >= 4 is 19.6 Å². The maximum Gasteiger partial charge on any atom is 0.188 e.